The minimum absolute atomic E-state index is 0.0817. The Morgan fingerprint density at radius 3 is 3.04 bits per heavy atom. The van der Waals surface area contributed by atoms with E-state index in [1.165, 1.54) is 30.0 Å². The van der Waals surface area contributed by atoms with Crippen molar-refractivity contribution in [2.75, 3.05) is 18.1 Å². The summed E-state index contributed by atoms with van der Waals surface area (Å²) in [6, 6.07) is -0.626. The molecular weight excluding hydrogens is 378 g/mol. The highest BCUT2D eigenvalue weighted by atomic mass is 32.2. The highest BCUT2D eigenvalue weighted by molar-refractivity contribution is 8.00. The van der Waals surface area contributed by atoms with Gasteiger partial charge in [0.15, 0.2) is 17.6 Å². The van der Waals surface area contributed by atoms with Crippen LogP contribution in [0.5, 0.6) is 0 Å². The van der Waals surface area contributed by atoms with Gasteiger partial charge >= 0.3 is 5.97 Å². The number of β-lactam (4-membered cyclic amide) rings is 1. The Morgan fingerprint density at radius 2 is 2.41 bits per heavy atom. The number of aliphatic carboxylic acids is 1. The number of nitrogens with zero attached hydrogens (tertiary/aromatic N) is 2. The molecule has 0 saturated carbocycles. The fourth-order valence-corrected chi connectivity index (χ4v) is 3.84. The number of nitrogen functional groups attached to an aromatic ring is 1. The SMILES string of the molecule is C=CCONC(C(=O)NC1C(=O)N2C(C(=O)O)=CCS[C@H]12)c1cc(N)no1. The maximum Gasteiger partial charge on any atom is 0.352 e. The molecule has 2 unspecified atom stereocenters. The van der Waals surface area contributed by atoms with Crippen molar-refractivity contribution in [3.05, 3.63) is 36.3 Å². The zero-order valence-corrected chi connectivity index (χ0v) is 14.8. The molecule has 2 aliphatic rings. The first-order chi connectivity index (χ1) is 12.9. The molecule has 3 atom stereocenters. The van der Waals surface area contributed by atoms with E-state index in [9.17, 15) is 19.5 Å². The third kappa shape index (κ3) is 3.67. The second kappa shape index (κ2) is 7.82. The van der Waals surface area contributed by atoms with Gasteiger partial charge in [-0.15, -0.1) is 18.3 Å². The molecule has 1 fully saturated rings. The van der Waals surface area contributed by atoms with Crippen molar-refractivity contribution in [2.24, 2.45) is 0 Å². The van der Waals surface area contributed by atoms with E-state index in [1.807, 2.05) is 0 Å². The summed E-state index contributed by atoms with van der Waals surface area (Å²) in [6.45, 7) is 3.62. The van der Waals surface area contributed by atoms with E-state index >= 15 is 0 Å². The molecule has 3 heterocycles. The first-order valence-corrected chi connectivity index (χ1v) is 8.87. The van der Waals surface area contributed by atoms with Crippen molar-refractivity contribution in [3.63, 3.8) is 0 Å². The van der Waals surface area contributed by atoms with Gasteiger partial charge in [-0.3, -0.25) is 19.3 Å². The van der Waals surface area contributed by atoms with Gasteiger partial charge in [0, 0.05) is 11.8 Å². The molecule has 1 saturated heterocycles. The van der Waals surface area contributed by atoms with Gasteiger partial charge in [-0.25, -0.2) is 4.79 Å². The highest BCUT2D eigenvalue weighted by Gasteiger charge is 2.53. The van der Waals surface area contributed by atoms with Gasteiger partial charge in [-0.2, -0.15) is 5.48 Å². The molecule has 0 radical (unpaired) electrons. The van der Waals surface area contributed by atoms with E-state index in [0.29, 0.717) is 5.75 Å². The molecule has 0 aliphatic carbocycles. The number of amides is 2. The molecule has 144 valence electrons. The summed E-state index contributed by atoms with van der Waals surface area (Å²) >= 11 is 1.35. The summed E-state index contributed by atoms with van der Waals surface area (Å²) in [4.78, 5) is 42.5. The number of nitrogens with two attached hydrogens (primary N) is 1. The largest absolute Gasteiger partial charge is 0.477 e. The van der Waals surface area contributed by atoms with Crippen LogP contribution in [0.15, 0.2) is 35.0 Å². The van der Waals surface area contributed by atoms with Crippen LogP contribution < -0.4 is 16.5 Å². The van der Waals surface area contributed by atoms with E-state index in [1.54, 1.807) is 0 Å². The molecule has 12 heteroatoms. The van der Waals surface area contributed by atoms with Crippen LogP contribution in [-0.2, 0) is 19.2 Å². The number of carboxylic acid groups (broad SMARTS) is 1. The van der Waals surface area contributed by atoms with E-state index in [-0.39, 0.29) is 23.9 Å². The lowest BCUT2D eigenvalue weighted by Crippen LogP contribution is -2.70. The van der Waals surface area contributed by atoms with Crippen LogP contribution in [0.1, 0.15) is 11.8 Å². The summed E-state index contributed by atoms with van der Waals surface area (Å²) in [6.07, 6.45) is 2.94. The first-order valence-electron chi connectivity index (χ1n) is 7.83. The van der Waals surface area contributed by atoms with Crippen molar-refractivity contribution >= 4 is 35.4 Å². The summed E-state index contributed by atoms with van der Waals surface area (Å²) in [5, 5.41) is 14.8. The number of hydrogen-bond donors (Lipinski definition) is 4. The van der Waals surface area contributed by atoms with Crippen LogP contribution in [0.2, 0.25) is 0 Å². The lowest BCUT2D eigenvalue weighted by molar-refractivity contribution is -0.151. The molecule has 3 rings (SSSR count). The average molecular weight is 395 g/mol. The van der Waals surface area contributed by atoms with Gasteiger partial charge in [0.25, 0.3) is 5.91 Å². The topological polar surface area (TPSA) is 160 Å². The summed E-state index contributed by atoms with van der Waals surface area (Å²) in [5.74, 6) is -1.70. The Morgan fingerprint density at radius 1 is 1.63 bits per heavy atom. The third-order valence-corrected chi connectivity index (χ3v) is 5.04. The molecule has 0 aromatic carbocycles. The van der Waals surface area contributed by atoms with E-state index < -0.39 is 35.2 Å². The second-order valence-corrected chi connectivity index (χ2v) is 6.77. The van der Waals surface area contributed by atoms with Gasteiger partial charge in [0.1, 0.15) is 17.1 Å². The average Bonchev–Trinajstić information content (AvgIpc) is 3.08. The fraction of sp³-hybridized carbons (Fsp3) is 0.333. The molecule has 1 aromatic rings. The summed E-state index contributed by atoms with van der Waals surface area (Å²) < 4.78 is 5.00. The lowest BCUT2D eigenvalue weighted by atomic mass is 10.0. The minimum Gasteiger partial charge on any atom is -0.477 e. The monoisotopic (exact) mass is 395 g/mol. The lowest BCUT2D eigenvalue weighted by Gasteiger charge is -2.48. The van der Waals surface area contributed by atoms with Gasteiger partial charge in [-0.05, 0) is 6.08 Å². The van der Waals surface area contributed by atoms with E-state index in [4.69, 9.17) is 15.1 Å². The van der Waals surface area contributed by atoms with Gasteiger partial charge in [0.2, 0.25) is 5.91 Å². The highest BCUT2D eigenvalue weighted by Crippen LogP contribution is 2.37. The molecule has 5 N–H and O–H groups in total. The predicted molar refractivity (Wildman–Crippen MR) is 93.7 cm³/mol. The number of carbonyl (C=O) groups excluding carboxylic acids is 2. The molecule has 1 aromatic heterocycles. The third-order valence-electron chi connectivity index (χ3n) is 3.86. The molecule has 2 amide bonds. The fourth-order valence-electron chi connectivity index (χ4n) is 2.65. The Labute approximate surface area is 157 Å². The van der Waals surface area contributed by atoms with Crippen LogP contribution in [0.4, 0.5) is 5.82 Å². The maximum absolute atomic E-state index is 12.7. The molecule has 2 aliphatic heterocycles. The number of carboxylic acids is 1. The van der Waals surface area contributed by atoms with Crippen molar-refractivity contribution in [3.8, 4) is 0 Å². The number of thioether (sulfide) groups is 1. The predicted octanol–water partition coefficient (Wildman–Crippen LogP) is -0.626. The van der Waals surface area contributed by atoms with Crippen LogP contribution in [0, 0.1) is 0 Å². The second-order valence-electron chi connectivity index (χ2n) is 5.62. The number of nitrogens with one attached hydrogen (secondary N) is 2. The smallest absolute Gasteiger partial charge is 0.352 e. The summed E-state index contributed by atoms with van der Waals surface area (Å²) in [7, 11) is 0. The van der Waals surface area contributed by atoms with E-state index in [2.05, 4.69) is 22.5 Å². The van der Waals surface area contributed by atoms with Crippen molar-refractivity contribution in [1.29, 1.82) is 0 Å². The maximum atomic E-state index is 12.7. The zero-order chi connectivity index (χ0) is 19.6. The van der Waals surface area contributed by atoms with Crippen LogP contribution >= 0.6 is 11.8 Å². The van der Waals surface area contributed by atoms with Gasteiger partial charge < -0.3 is 20.7 Å². The van der Waals surface area contributed by atoms with Crippen molar-refractivity contribution in [1.82, 2.24) is 20.9 Å². The number of rotatable bonds is 8. The van der Waals surface area contributed by atoms with Crippen LogP contribution in [0.25, 0.3) is 0 Å². The standard InChI is InChI=1S/C15H17N5O6S/c1-2-4-25-19-10(8-6-9(16)18-26-8)12(21)17-11-13(22)20-7(15(23)24)3-5-27-14(11)20/h2-3,6,10-11,14,19H,1,4-5H2,(H2,16,18)(H,17,21)(H,23,24)/t10?,11?,14-/m1/s1. The van der Waals surface area contributed by atoms with Crippen molar-refractivity contribution in [2.45, 2.75) is 17.5 Å². The minimum atomic E-state index is -1.19. The van der Waals surface area contributed by atoms with Gasteiger partial charge in [0.05, 0.1) is 6.61 Å². The Hall–Kier alpha value is -2.83. The number of hydroxylamine groups is 1. The molecule has 0 bridgehead atoms. The quantitative estimate of drug-likeness (QED) is 0.193. The van der Waals surface area contributed by atoms with Crippen LogP contribution in [-0.4, -0.2) is 56.7 Å². The molecule has 0 spiro atoms. The molecule has 27 heavy (non-hydrogen) atoms. The number of carbonyl (C=O) groups is 3. The molecular formula is C15H17N5O6S. The summed E-state index contributed by atoms with van der Waals surface area (Å²) in [5.41, 5.74) is 7.94. The van der Waals surface area contributed by atoms with Crippen LogP contribution in [0.3, 0.4) is 0 Å². The van der Waals surface area contributed by atoms with Crippen molar-refractivity contribution < 1.29 is 28.9 Å². The van der Waals surface area contributed by atoms with Gasteiger partial charge in [-0.1, -0.05) is 11.2 Å². The Bertz CT molecular complexity index is 808. The van der Waals surface area contributed by atoms with E-state index in [0.717, 1.165) is 4.90 Å². The number of anilines is 1. The number of hydrogen-bond acceptors (Lipinski definition) is 9. The molecule has 11 nitrogen and oxygen atoms in total. The number of aromatic nitrogens is 1. The first kappa shape index (κ1) is 18.9. The Kier molecular flexibility index (Phi) is 5.48. The number of fused-ring (bicyclic) bond motifs is 1. The normalized spacial score (nSPS) is 22.3. The Balaban J connectivity index is 1.70. The zero-order valence-electron chi connectivity index (χ0n) is 14.0.